The molecule has 3 rings (SSSR count). The molecular formula is C16H17N5O3. The molecule has 0 saturated carbocycles. The monoisotopic (exact) mass is 327 g/mol. The summed E-state index contributed by atoms with van der Waals surface area (Å²) in [6, 6.07) is 9.30. The average Bonchev–Trinajstić information content (AvgIpc) is 3.07. The summed E-state index contributed by atoms with van der Waals surface area (Å²) in [4.78, 5) is 17.9. The van der Waals surface area contributed by atoms with Gasteiger partial charge >= 0.3 is 0 Å². The van der Waals surface area contributed by atoms with E-state index in [1.165, 1.54) is 11.0 Å². The van der Waals surface area contributed by atoms with Gasteiger partial charge in [-0.15, -0.1) is 5.10 Å². The summed E-state index contributed by atoms with van der Waals surface area (Å²) in [7, 11) is 0. The first-order chi connectivity index (χ1) is 11.7. The topological polar surface area (TPSA) is 93.3 Å². The van der Waals surface area contributed by atoms with Crippen LogP contribution in [0.2, 0.25) is 0 Å². The molecule has 1 amide bonds. The molecule has 8 nitrogen and oxygen atoms in total. The van der Waals surface area contributed by atoms with Crippen molar-refractivity contribution in [3.63, 3.8) is 0 Å². The largest absolute Gasteiger partial charge is 0.486 e. The molecule has 2 heterocycles. The van der Waals surface area contributed by atoms with Gasteiger partial charge in [0.2, 0.25) is 5.91 Å². The van der Waals surface area contributed by atoms with Gasteiger partial charge in [0.1, 0.15) is 25.5 Å². The molecular weight excluding hydrogens is 310 g/mol. The Morgan fingerprint density at radius 2 is 2.25 bits per heavy atom. The van der Waals surface area contributed by atoms with Gasteiger partial charge in [-0.25, -0.2) is 9.67 Å². The Kier molecular flexibility index (Phi) is 4.61. The lowest BCUT2D eigenvalue weighted by molar-refractivity contribution is -0.133. The van der Waals surface area contributed by atoms with Crippen LogP contribution in [0.25, 0.3) is 0 Å². The van der Waals surface area contributed by atoms with Crippen LogP contribution in [-0.2, 0) is 11.3 Å². The Bertz CT molecular complexity index is 767. The lowest BCUT2D eigenvalue weighted by atomic mass is 10.2. The second-order valence-electron chi connectivity index (χ2n) is 5.31. The Hall–Kier alpha value is -3.08. The fourth-order valence-electron chi connectivity index (χ4n) is 2.47. The van der Waals surface area contributed by atoms with Crippen molar-refractivity contribution in [2.75, 3.05) is 19.7 Å². The van der Waals surface area contributed by atoms with Crippen LogP contribution < -0.4 is 9.47 Å². The van der Waals surface area contributed by atoms with Gasteiger partial charge in [-0.3, -0.25) is 4.79 Å². The van der Waals surface area contributed by atoms with Gasteiger partial charge in [0, 0.05) is 6.54 Å². The van der Waals surface area contributed by atoms with Gasteiger partial charge in [0.15, 0.2) is 17.6 Å². The molecule has 0 saturated heterocycles. The molecule has 0 aliphatic carbocycles. The van der Waals surface area contributed by atoms with E-state index in [0.717, 1.165) is 5.75 Å². The number of para-hydroxylation sites is 2. The van der Waals surface area contributed by atoms with Crippen molar-refractivity contribution in [3.05, 3.63) is 36.4 Å². The van der Waals surface area contributed by atoms with Crippen LogP contribution in [0.3, 0.4) is 0 Å². The lowest BCUT2D eigenvalue weighted by Gasteiger charge is -2.30. The summed E-state index contributed by atoms with van der Waals surface area (Å²) in [5.41, 5.74) is 0. The first kappa shape index (κ1) is 15.8. The molecule has 1 aliphatic rings. The van der Waals surface area contributed by atoms with Crippen molar-refractivity contribution in [2.45, 2.75) is 19.6 Å². The molecule has 124 valence electrons. The fraction of sp³-hybridized carbons (Fsp3) is 0.375. The van der Waals surface area contributed by atoms with Crippen molar-refractivity contribution in [1.29, 1.82) is 5.26 Å². The number of nitriles is 1. The van der Waals surface area contributed by atoms with Crippen LogP contribution in [0.5, 0.6) is 11.5 Å². The molecule has 0 radical (unpaired) electrons. The Labute approximate surface area is 139 Å². The average molecular weight is 327 g/mol. The minimum atomic E-state index is -0.228. The maximum atomic E-state index is 12.4. The highest BCUT2D eigenvalue weighted by Gasteiger charge is 2.25. The molecule has 0 N–H and O–H groups in total. The van der Waals surface area contributed by atoms with E-state index in [4.69, 9.17) is 14.7 Å². The van der Waals surface area contributed by atoms with E-state index in [1.54, 1.807) is 4.90 Å². The van der Waals surface area contributed by atoms with Crippen LogP contribution in [0, 0.1) is 11.3 Å². The third-order valence-corrected chi connectivity index (χ3v) is 3.66. The van der Waals surface area contributed by atoms with Crippen LogP contribution >= 0.6 is 0 Å². The molecule has 8 heteroatoms. The summed E-state index contributed by atoms with van der Waals surface area (Å²) in [6.07, 6.45) is 1.15. The summed E-state index contributed by atoms with van der Waals surface area (Å²) < 4.78 is 12.9. The first-order valence-corrected chi connectivity index (χ1v) is 7.65. The molecule has 24 heavy (non-hydrogen) atoms. The standard InChI is InChI=1S/C16H17N5O3/c1-2-20(16(22)9-21-11-18-15(7-17)19-21)8-12-10-23-13-5-3-4-6-14(13)24-12/h3-6,11-12H,2,8-10H2,1H3/t12-/m0/s1. The second kappa shape index (κ2) is 7.00. The van der Waals surface area contributed by atoms with Crippen molar-refractivity contribution in [1.82, 2.24) is 19.7 Å². The van der Waals surface area contributed by atoms with Crippen molar-refractivity contribution >= 4 is 5.91 Å². The van der Waals surface area contributed by atoms with Crippen molar-refractivity contribution in [2.24, 2.45) is 0 Å². The number of carbonyl (C=O) groups excluding carboxylic acids is 1. The maximum absolute atomic E-state index is 12.4. The molecule has 1 aliphatic heterocycles. The van der Waals surface area contributed by atoms with E-state index < -0.39 is 0 Å². The number of hydrogen-bond acceptors (Lipinski definition) is 6. The van der Waals surface area contributed by atoms with Crippen LogP contribution in [0.15, 0.2) is 30.6 Å². The number of hydrogen-bond donors (Lipinski definition) is 0. The number of ether oxygens (including phenoxy) is 2. The number of carbonyl (C=O) groups is 1. The molecule has 2 aromatic rings. The summed E-state index contributed by atoms with van der Waals surface area (Å²) in [5.74, 6) is 1.34. The molecule has 0 fully saturated rings. The zero-order valence-electron chi connectivity index (χ0n) is 13.3. The third-order valence-electron chi connectivity index (χ3n) is 3.66. The second-order valence-corrected chi connectivity index (χ2v) is 5.31. The molecule has 0 unspecified atom stereocenters. The molecule has 0 spiro atoms. The molecule has 1 aromatic carbocycles. The van der Waals surface area contributed by atoms with Gasteiger partial charge < -0.3 is 14.4 Å². The van der Waals surface area contributed by atoms with Gasteiger partial charge in [-0.2, -0.15) is 5.26 Å². The van der Waals surface area contributed by atoms with Crippen LogP contribution in [0.4, 0.5) is 0 Å². The Morgan fingerprint density at radius 1 is 1.46 bits per heavy atom. The number of likely N-dealkylation sites (N-methyl/N-ethyl adjacent to an activating group) is 1. The lowest BCUT2D eigenvalue weighted by Crippen LogP contribution is -2.44. The minimum absolute atomic E-state index is 0.0344. The van der Waals surface area contributed by atoms with E-state index in [1.807, 2.05) is 37.3 Å². The number of amides is 1. The zero-order valence-corrected chi connectivity index (χ0v) is 13.3. The summed E-state index contributed by atoms with van der Waals surface area (Å²) in [6.45, 7) is 3.29. The Morgan fingerprint density at radius 3 is 2.96 bits per heavy atom. The summed E-state index contributed by atoms with van der Waals surface area (Å²) in [5, 5.41) is 12.6. The third kappa shape index (κ3) is 3.46. The SMILES string of the molecule is CCN(C[C@H]1COc2ccccc2O1)C(=O)Cn1cnc(C#N)n1. The van der Waals surface area contributed by atoms with E-state index in [0.29, 0.717) is 25.4 Å². The summed E-state index contributed by atoms with van der Waals surface area (Å²) >= 11 is 0. The quantitative estimate of drug-likeness (QED) is 0.808. The van der Waals surface area contributed by atoms with Gasteiger partial charge in [-0.05, 0) is 19.1 Å². The fourth-order valence-corrected chi connectivity index (χ4v) is 2.47. The highest BCUT2D eigenvalue weighted by Crippen LogP contribution is 2.30. The highest BCUT2D eigenvalue weighted by atomic mass is 16.6. The van der Waals surface area contributed by atoms with E-state index in [2.05, 4.69) is 10.1 Å². The molecule has 0 bridgehead atoms. The predicted octanol–water partition coefficient (Wildman–Crippen LogP) is 0.838. The first-order valence-electron chi connectivity index (χ1n) is 7.65. The minimum Gasteiger partial charge on any atom is -0.486 e. The molecule has 1 atom stereocenters. The van der Waals surface area contributed by atoms with Gasteiger partial charge in [0.05, 0.1) is 6.54 Å². The van der Waals surface area contributed by atoms with Gasteiger partial charge in [0.25, 0.3) is 5.82 Å². The smallest absolute Gasteiger partial charge is 0.252 e. The number of nitrogens with zero attached hydrogens (tertiary/aromatic N) is 5. The number of fused-ring (bicyclic) bond motifs is 1. The van der Waals surface area contributed by atoms with Crippen molar-refractivity contribution < 1.29 is 14.3 Å². The predicted molar refractivity (Wildman–Crippen MR) is 83.3 cm³/mol. The zero-order chi connectivity index (χ0) is 16.9. The molecule has 1 aromatic heterocycles. The van der Waals surface area contributed by atoms with E-state index in [9.17, 15) is 4.79 Å². The number of rotatable bonds is 5. The number of aromatic nitrogens is 3. The maximum Gasteiger partial charge on any atom is 0.252 e. The normalized spacial score (nSPS) is 15.6. The Balaban J connectivity index is 1.60. The van der Waals surface area contributed by atoms with E-state index in [-0.39, 0.29) is 24.4 Å². The number of benzene rings is 1. The van der Waals surface area contributed by atoms with Crippen LogP contribution in [-0.4, -0.2) is 51.4 Å². The highest BCUT2D eigenvalue weighted by molar-refractivity contribution is 5.75. The van der Waals surface area contributed by atoms with Crippen molar-refractivity contribution in [3.8, 4) is 17.6 Å². The van der Waals surface area contributed by atoms with Gasteiger partial charge in [-0.1, -0.05) is 12.1 Å². The van der Waals surface area contributed by atoms with E-state index >= 15 is 0 Å². The van der Waals surface area contributed by atoms with Crippen LogP contribution in [0.1, 0.15) is 12.7 Å².